The number of hydrogen-bond donors (Lipinski definition) is 1. The molecule has 0 aliphatic rings. The molecular weight excluding hydrogens is 430 g/mol. The summed E-state index contributed by atoms with van der Waals surface area (Å²) in [6, 6.07) is 12.1. The molecule has 9 heteroatoms. The number of ether oxygens (including phenoxy) is 1. The minimum atomic E-state index is -3.77. The summed E-state index contributed by atoms with van der Waals surface area (Å²) in [5.74, 6) is -0.153. The number of rotatable bonds is 10. The van der Waals surface area contributed by atoms with E-state index in [1.807, 2.05) is 20.8 Å². The fourth-order valence-corrected chi connectivity index (χ4v) is 4.54. The maximum Gasteiger partial charge on any atom is 0.255 e. The number of hydrogen-bond acceptors (Lipinski definition) is 5. The minimum Gasteiger partial charge on any atom is -0.494 e. The standard InChI is InChI=1S/C23H31N3O5S/c1-6-25(7-2)23(28)20-11-9-10-12-21(20)24-22(27)17(4)26(32(5,29)30)18-13-15-19(16-14-18)31-8-3/h9-17H,6-8H2,1-5H3,(H,24,27)/t17-/m0/s1. The Morgan fingerprint density at radius 2 is 1.59 bits per heavy atom. The van der Waals surface area contributed by atoms with Gasteiger partial charge in [0, 0.05) is 13.1 Å². The molecule has 0 spiro atoms. The van der Waals surface area contributed by atoms with E-state index < -0.39 is 22.0 Å². The lowest BCUT2D eigenvalue weighted by atomic mass is 10.1. The van der Waals surface area contributed by atoms with Crippen molar-refractivity contribution in [1.29, 1.82) is 0 Å². The van der Waals surface area contributed by atoms with E-state index in [9.17, 15) is 18.0 Å². The first kappa shape index (κ1) is 25.2. The summed E-state index contributed by atoms with van der Waals surface area (Å²) in [6.45, 7) is 8.67. The lowest BCUT2D eigenvalue weighted by molar-refractivity contribution is -0.116. The van der Waals surface area contributed by atoms with E-state index in [-0.39, 0.29) is 5.91 Å². The quantitative estimate of drug-likeness (QED) is 0.585. The van der Waals surface area contributed by atoms with Crippen LogP contribution in [0.2, 0.25) is 0 Å². The van der Waals surface area contributed by atoms with Gasteiger partial charge in [-0.3, -0.25) is 13.9 Å². The van der Waals surface area contributed by atoms with Crippen LogP contribution >= 0.6 is 0 Å². The van der Waals surface area contributed by atoms with Crippen molar-refractivity contribution < 1.29 is 22.7 Å². The third-order valence-corrected chi connectivity index (χ3v) is 6.20. The van der Waals surface area contributed by atoms with Crippen LogP contribution in [0.5, 0.6) is 5.75 Å². The van der Waals surface area contributed by atoms with Crippen LogP contribution in [0.3, 0.4) is 0 Å². The lowest BCUT2D eigenvalue weighted by Crippen LogP contribution is -2.45. The normalized spacial score (nSPS) is 12.0. The molecule has 0 radical (unpaired) electrons. The Hall–Kier alpha value is -3.07. The fourth-order valence-electron chi connectivity index (χ4n) is 3.36. The predicted molar refractivity (Wildman–Crippen MR) is 127 cm³/mol. The van der Waals surface area contributed by atoms with Crippen LogP contribution in [-0.4, -0.2) is 57.1 Å². The number of para-hydroxylation sites is 1. The van der Waals surface area contributed by atoms with Crippen molar-refractivity contribution in [2.75, 3.05) is 35.6 Å². The van der Waals surface area contributed by atoms with Crippen molar-refractivity contribution in [2.45, 2.75) is 33.7 Å². The summed E-state index contributed by atoms with van der Waals surface area (Å²) in [5.41, 5.74) is 1.02. The summed E-state index contributed by atoms with van der Waals surface area (Å²) in [5, 5.41) is 2.73. The number of nitrogens with zero attached hydrogens (tertiary/aromatic N) is 2. The summed E-state index contributed by atoms with van der Waals surface area (Å²) in [6.07, 6.45) is 1.05. The van der Waals surface area contributed by atoms with Crippen LogP contribution in [0, 0.1) is 0 Å². The van der Waals surface area contributed by atoms with Crippen molar-refractivity contribution in [1.82, 2.24) is 4.90 Å². The molecule has 8 nitrogen and oxygen atoms in total. The molecule has 2 rings (SSSR count). The molecule has 2 amide bonds. The highest BCUT2D eigenvalue weighted by Gasteiger charge is 2.30. The molecule has 1 N–H and O–H groups in total. The zero-order valence-electron chi connectivity index (χ0n) is 19.2. The number of amides is 2. The molecule has 0 saturated carbocycles. The largest absolute Gasteiger partial charge is 0.494 e. The third-order valence-electron chi connectivity index (χ3n) is 4.96. The van der Waals surface area contributed by atoms with Crippen LogP contribution in [-0.2, 0) is 14.8 Å². The second kappa shape index (κ2) is 11.0. The Labute approximate surface area is 190 Å². The molecule has 0 fully saturated rings. The van der Waals surface area contributed by atoms with Gasteiger partial charge in [-0.2, -0.15) is 0 Å². The first-order valence-corrected chi connectivity index (χ1v) is 12.4. The monoisotopic (exact) mass is 461 g/mol. The van der Waals surface area contributed by atoms with E-state index in [1.165, 1.54) is 6.92 Å². The number of nitrogens with one attached hydrogen (secondary N) is 1. The number of benzene rings is 2. The average molecular weight is 462 g/mol. The molecular formula is C23H31N3O5S. The summed E-state index contributed by atoms with van der Waals surface area (Å²) >= 11 is 0. The first-order chi connectivity index (χ1) is 15.1. The minimum absolute atomic E-state index is 0.204. The maximum atomic E-state index is 13.1. The highest BCUT2D eigenvalue weighted by Crippen LogP contribution is 2.25. The van der Waals surface area contributed by atoms with Gasteiger partial charge >= 0.3 is 0 Å². The molecule has 174 valence electrons. The molecule has 0 heterocycles. The van der Waals surface area contributed by atoms with E-state index in [1.54, 1.807) is 53.4 Å². The smallest absolute Gasteiger partial charge is 0.255 e. The Bertz CT molecular complexity index is 1030. The second-order valence-electron chi connectivity index (χ2n) is 7.17. The van der Waals surface area contributed by atoms with Gasteiger partial charge in [0.05, 0.1) is 29.8 Å². The average Bonchev–Trinajstić information content (AvgIpc) is 2.75. The van der Waals surface area contributed by atoms with E-state index in [4.69, 9.17) is 4.74 Å². The number of anilines is 2. The van der Waals surface area contributed by atoms with Crippen molar-refractivity contribution in [3.63, 3.8) is 0 Å². The number of carbonyl (C=O) groups is 2. The number of sulfonamides is 1. The molecule has 0 aliphatic carbocycles. The fraction of sp³-hybridized carbons (Fsp3) is 0.391. The van der Waals surface area contributed by atoms with Crippen LogP contribution in [0.15, 0.2) is 48.5 Å². The molecule has 2 aromatic rings. The highest BCUT2D eigenvalue weighted by atomic mass is 32.2. The SMILES string of the molecule is CCOc1ccc(N([C@@H](C)C(=O)Nc2ccccc2C(=O)N(CC)CC)S(C)(=O)=O)cc1. The Kier molecular flexibility index (Phi) is 8.65. The van der Waals surface area contributed by atoms with Gasteiger partial charge in [-0.1, -0.05) is 12.1 Å². The zero-order chi connectivity index (χ0) is 23.9. The topological polar surface area (TPSA) is 96.0 Å². The number of carbonyl (C=O) groups excluding carboxylic acids is 2. The summed E-state index contributed by atoms with van der Waals surface area (Å²) in [7, 11) is -3.77. The molecule has 1 atom stereocenters. The van der Waals surface area contributed by atoms with Gasteiger partial charge in [0.25, 0.3) is 5.91 Å². The Morgan fingerprint density at radius 3 is 2.12 bits per heavy atom. The van der Waals surface area contributed by atoms with Gasteiger partial charge in [-0.05, 0) is 64.1 Å². The molecule has 0 saturated heterocycles. The molecule has 32 heavy (non-hydrogen) atoms. The highest BCUT2D eigenvalue weighted by molar-refractivity contribution is 7.92. The van der Waals surface area contributed by atoms with E-state index in [0.29, 0.717) is 42.4 Å². The molecule has 0 unspecified atom stereocenters. The summed E-state index contributed by atoms with van der Waals surface area (Å²) < 4.78 is 31.5. The molecule has 0 bridgehead atoms. The second-order valence-corrected chi connectivity index (χ2v) is 9.03. The van der Waals surface area contributed by atoms with E-state index >= 15 is 0 Å². The third kappa shape index (κ3) is 6.00. The van der Waals surface area contributed by atoms with Gasteiger partial charge in [-0.15, -0.1) is 0 Å². The first-order valence-electron chi connectivity index (χ1n) is 10.5. The van der Waals surface area contributed by atoms with Gasteiger partial charge in [0.1, 0.15) is 11.8 Å². The van der Waals surface area contributed by atoms with Crippen molar-refractivity contribution in [3.05, 3.63) is 54.1 Å². The van der Waals surface area contributed by atoms with Crippen molar-refractivity contribution >= 4 is 33.2 Å². The van der Waals surface area contributed by atoms with Crippen LogP contribution in [0.1, 0.15) is 38.1 Å². The van der Waals surface area contributed by atoms with Gasteiger partial charge in [0.2, 0.25) is 15.9 Å². The molecule has 2 aromatic carbocycles. The van der Waals surface area contributed by atoms with E-state index in [0.717, 1.165) is 10.6 Å². The summed E-state index contributed by atoms with van der Waals surface area (Å²) in [4.78, 5) is 27.5. The van der Waals surface area contributed by atoms with Crippen molar-refractivity contribution in [2.24, 2.45) is 0 Å². The molecule has 0 aliphatic heterocycles. The lowest BCUT2D eigenvalue weighted by Gasteiger charge is -2.28. The van der Waals surface area contributed by atoms with Gasteiger partial charge < -0.3 is 15.0 Å². The van der Waals surface area contributed by atoms with E-state index in [2.05, 4.69) is 5.32 Å². The Morgan fingerprint density at radius 1 is 1.00 bits per heavy atom. The molecule has 0 aromatic heterocycles. The van der Waals surface area contributed by atoms with Gasteiger partial charge in [0.15, 0.2) is 0 Å². The zero-order valence-corrected chi connectivity index (χ0v) is 20.0. The van der Waals surface area contributed by atoms with Crippen molar-refractivity contribution in [3.8, 4) is 5.75 Å². The Balaban J connectivity index is 2.33. The maximum absolute atomic E-state index is 13.1. The van der Waals surface area contributed by atoms with Gasteiger partial charge in [-0.25, -0.2) is 8.42 Å². The van der Waals surface area contributed by atoms with Crippen LogP contribution in [0.4, 0.5) is 11.4 Å². The van der Waals surface area contributed by atoms with Crippen LogP contribution < -0.4 is 14.4 Å². The van der Waals surface area contributed by atoms with Crippen LogP contribution in [0.25, 0.3) is 0 Å². The predicted octanol–water partition coefficient (Wildman–Crippen LogP) is 3.36.